The zero-order chi connectivity index (χ0) is 22.8. The average molecular weight is 453 g/mol. The highest BCUT2D eigenvalue weighted by Gasteiger charge is 2.21. The number of hydrogen-bond acceptors (Lipinski definition) is 6. The molecule has 3 aromatic rings. The van der Waals surface area contributed by atoms with Crippen LogP contribution >= 0.6 is 0 Å². The van der Waals surface area contributed by atoms with E-state index in [1.807, 2.05) is 12.1 Å². The molecule has 2 aliphatic rings. The number of nitrogens with zero attached hydrogens (tertiary/aromatic N) is 3. The zero-order valence-electron chi connectivity index (χ0n) is 18.1. The number of piperidine rings is 1. The minimum Gasteiger partial charge on any atom is -0.480 e. The van der Waals surface area contributed by atoms with E-state index in [1.165, 1.54) is 18.3 Å². The molecule has 4 heterocycles. The topological polar surface area (TPSA) is 79.4 Å². The second-order valence-electron chi connectivity index (χ2n) is 8.48. The van der Waals surface area contributed by atoms with Crippen LogP contribution in [0.4, 0.5) is 14.6 Å². The van der Waals surface area contributed by atoms with Crippen LogP contribution in [-0.4, -0.2) is 53.1 Å². The number of benzene rings is 1. The van der Waals surface area contributed by atoms with Gasteiger partial charge in [-0.2, -0.15) is 0 Å². The maximum absolute atomic E-state index is 14.4. The molecule has 172 valence electrons. The van der Waals surface area contributed by atoms with Crippen LogP contribution in [0.5, 0.6) is 5.75 Å². The number of likely N-dealkylation sites (tertiary alicyclic amines) is 1. The second kappa shape index (κ2) is 9.36. The molecule has 0 radical (unpaired) electrons. The SMILES string of the molecule is O=C1COc2ccc(CNC3CCN(CCc4c(F)cnc5ccc(F)cc45)CC3)nc2N1. The summed E-state index contributed by atoms with van der Waals surface area (Å²) in [5, 5.41) is 6.81. The molecule has 0 saturated carbocycles. The summed E-state index contributed by atoms with van der Waals surface area (Å²) >= 11 is 0. The van der Waals surface area contributed by atoms with Gasteiger partial charge in [0.15, 0.2) is 18.2 Å². The molecule has 7 nitrogen and oxygen atoms in total. The lowest BCUT2D eigenvalue weighted by Crippen LogP contribution is -2.43. The van der Waals surface area contributed by atoms with E-state index in [9.17, 15) is 13.6 Å². The van der Waals surface area contributed by atoms with Crippen LogP contribution in [0.15, 0.2) is 36.5 Å². The third kappa shape index (κ3) is 4.94. The monoisotopic (exact) mass is 453 g/mol. The molecule has 0 aliphatic carbocycles. The summed E-state index contributed by atoms with van der Waals surface area (Å²) in [5.74, 6) is 0.0938. The Bertz CT molecular complexity index is 1180. The molecular formula is C24H25F2N5O2. The van der Waals surface area contributed by atoms with Crippen LogP contribution in [0.25, 0.3) is 10.9 Å². The summed E-state index contributed by atoms with van der Waals surface area (Å²) in [6.07, 6.45) is 3.68. The standard InChI is InChI=1S/C24H25F2N5O2/c25-15-1-3-21-19(11-15)18(20(26)13-28-21)7-10-31-8-5-16(6-9-31)27-12-17-2-4-22-24(29-17)30-23(32)14-33-22/h1-4,11,13,16,27H,5-10,12,14H2,(H,29,30,32). The highest BCUT2D eigenvalue weighted by atomic mass is 19.1. The van der Waals surface area contributed by atoms with E-state index in [-0.39, 0.29) is 24.1 Å². The molecule has 1 fully saturated rings. The molecule has 0 atom stereocenters. The van der Waals surface area contributed by atoms with Gasteiger partial charge >= 0.3 is 0 Å². The molecular weight excluding hydrogens is 428 g/mol. The first kappa shape index (κ1) is 21.7. The molecule has 2 N–H and O–H groups in total. The number of amides is 1. The highest BCUT2D eigenvalue weighted by molar-refractivity contribution is 5.94. The Kier molecular flexibility index (Phi) is 6.15. The lowest BCUT2D eigenvalue weighted by atomic mass is 10.0. The van der Waals surface area contributed by atoms with Crippen molar-refractivity contribution in [2.24, 2.45) is 0 Å². The fourth-order valence-electron chi connectivity index (χ4n) is 4.43. The predicted molar refractivity (Wildman–Crippen MR) is 120 cm³/mol. The summed E-state index contributed by atoms with van der Waals surface area (Å²) in [7, 11) is 0. The number of anilines is 1. The van der Waals surface area contributed by atoms with Gasteiger partial charge in [0.1, 0.15) is 11.6 Å². The normalized spacial score (nSPS) is 17.0. The Hall–Kier alpha value is -3.17. The van der Waals surface area contributed by atoms with E-state index in [2.05, 4.69) is 25.5 Å². The van der Waals surface area contributed by atoms with Gasteiger partial charge in [-0.05, 0) is 62.7 Å². The quantitative estimate of drug-likeness (QED) is 0.597. The van der Waals surface area contributed by atoms with Crippen molar-refractivity contribution in [1.82, 2.24) is 20.2 Å². The van der Waals surface area contributed by atoms with Crippen molar-refractivity contribution >= 4 is 22.6 Å². The van der Waals surface area contributed by atoms with Gasteiger partial charge in [-0.1, -0.05) is 0 Å². The molecule has 0 unspecified atom stereocenters. The van der Waals surface area contributed by atoms with Crippen LogP contribution < -0.4 is 15.4 Å². The summed E-state index contributed by atoms with van der Waals surface area (Å²) in [6, 6.07) is 8.38. The number of fused-ring (bicyclic) bond motifs is 2. The number of ether oxygens (including phenoxy) is 1. The van der Waals surface area contributed by atoms with Gasteiger partial charge in [0, 0.05) is 30.1 Å². The van der Waals surface area contributed by atoms with Crippen molar-refractivity contribution in [1.29, 1.82) is 0 Å². The molecule has 2 aliphatic heterocycles. The Morgan fingerprint density at radius 1 is 1.18 bits per heavy atom. The number of aromatic nitrogens is 2. The lowest BCUT2D eigenvalue weighted by Gasteiger charge is -2.32. The Balaban J connectivity index is 1.12. The van der Waals surface area contributed by atoms with Crippen LogP contribution in [-0.2, 0) is 17.8 Å². The van der Waals surface area contributed by atoms with E-state index in [4.69, 9.17) is 4.74 Å². The molecule has 5 rings (SSSR count). The number of carbonyl (C=O) groups excluding carboxylic acids is 1. The average Bonchev–Trinajstić information content (AvgIpc) is 2.82. The molecule has 1 saturated heterocycles. The minimum absolute atomic E-state index is 0.0196. The Morgan fingerprint density at radius 2 is 2.03 bits per heavy atom. The van der Waals surface area contributed by atoms with Gasteiger partial charge in [0.25, 0.3) is 5.91 Å². The zero-order valence-corrected chi connectivity index (χ0v) is 18.1. The number of carbonyl (C=O) groups is 1. The van der Waals surface area contributed by atoms with Gasteiger partial charge in [0.05, 0.1) is 17.4 Å². The van der Waals surface area contributed by atoms with Gasteiger partial charge in [-0.15, -0.1) is 0 Å². The lowest BCUT2D eigenvalue weighted by molar-refractivity contribution is -0.118. The first-order valence-corrected chi connectivity index (χ1v) is 11.2. The van der Waals surface area contributed by atoms with E-state index in [1.54, 1.807) is 6.07 Å². The van der Waals surface area contributed by atoms with E-state index < -0.39 is 0 Å². The third-order valence-corrected chi connectivity index (χ3v) is 6.26. The van der Waals surface area contributed by atoms with Crippen LogP contribution in [0.3, 0.4) is 0 Å². The third-order valence-electron chi connectivity index (χ3n) is 6.26. The molecule has 1 amide bonds. The van der Waals surface area contributed by atoms with Crippen LogP contribution in [0, 0.1) is 11.6 Å². The predicted octanol–water partition coefficient (Wildman–Crippen LogP) is 3.04. The number of nitrogens with one attached hydrogen (secondary N) is 2. The minimum atomic E-state index is -0.385. The summed E-state index contributed by atoms with van der Waals surface area (Å²) in [4.78, 5) is 22.3. The highest BCUT2D eigenvalue weighted by Crippen LogP contribution is 2.25. The van der Waals surface area contributed by atoms with Crippen LogP contribution in [0.1, 0.15) is 24.1 Å². The molecule has 0 bridgehead atoms. The van der Waals surface area contributed by atoms with Crippen molar-refractivity contribution in [2.45, 2.75) is 31.8 Å². The van der Waals surface area contributed by atoms with Gasteiger partial charge in [0.2, 0.25) is 0 Å². The van der Waals surface area contributed by atoms with Crippen molar-refractivity contribution in [3.05, 3.63) is 59.4 Å². The van der Waals surface area contributed by atoms with Crippen molar-refractivity contribution in [3.8, 4) is 5.75 Å². The number of hydrogen-bond donors (Lipinski definition) is 2. The van der Waals surface area contributed by atoms with E-state index in [0.717, 1.165) is 31.6 Å². The van der Waals surface area contributed by atoms with E-state index in [0.29, 0.717) is 53.6 Å². The summed E-state index contributed by atoms with van der Waals surface area (Å²) in [5.41, 5.74) is 1.97. The van der Waals surface area contributed by atoms with Gasteiger partial charge < -0.3 is 20.3 Å². The van der Waals surface area contributed by atoms with E-state index >= 15 is 0 Å². The second-order valence-corrected chi connectivity index (χ2v) is 8.48. The van der Waals surface area contributed by atoms with Crippen LogP contribution in [0.2, 0.25) is 0 Å². The number of halogens is 2. The van der Waals surface area contributed by atoms with Crippen molar-refractivity contribution in [2.75, 3.05) is 31.6 Å². The first-order valence-electron chi connectivity index (χ1n) is 11.2. The largest absolute Gasteiger partial charge is 0.480 e. The maximum Gasteiger partial charge on any atom is 0.263 e. The smallest absolute Gasteiger partial charge is 0.263 e. The summed E-state index contributed by atoms with van der Waals surface area (Å²) < 4.78 is 33.4. The summed E-state index contributed by atoms with van der Waals surface area (Å²) in [6.45, 7) is 3.14. The Labute approximate surface area is 190 Å². The molecule has 9 heteroatoms. The number of pyridine rings is 2. The fraction of sp³-hybridized carbons (Fsp3) is 0.375. The molecule has 1 aromatic carbocycles. The number of rotatable bonds is 6. The van der Waals surface area contributed by atoms with Crippen molar-refractivity contribution < 1.29 is 18.3 Å². The van der Waals surface area contributed by atoms with Gasteiger partial charge in [-0.3, -0.25) is 9.78 Å². The molecule has 2 aromatic heterocycles. The first-order chi connectivity index (χ1) is 16.0. The molecule has 0 spiro atoms. The van der Waals surface area contributed by atoms with Crippen molar-refractivity contribution in [3.63, 3.8) is 0 Å². The van der Waals surface area contributed by atoms with Gasteiger partial charge in [-0.25, -0.2) is 13.8 Å². The maximum atomic E-state index is 14.4. The Morgan fingerprint density at radius 3 is 2.88 bits per heavy atom. The molecule has 33 heavy (non-hydrogen) atoms. The fourth-order valence-corrected chi connectivity index (χ4v) is 4.43.